The first-order chi connectivity index (χ1) is 8.82. The van der Waals surface area contributed by atoms with E-state index in [-0.39, 0.29) is 23.2 Å². The number of hydrogen-bond donors (Lipinski definition) is 2. The van der Waals surface area contributed by atoms with Gasteiger partial charge in [0.2, 0.25) is 0 Å². The van der Waals surface area contributed by atoms with Gasteiger partial charge in [0.05, 0.1) is 15.5 Å². The summed E-state index contributed by atoms with van der Waals surface area (Å²) >= 11 is 3.17. The van der Waals surface area contributed by atoms with Gasteiger partial charge in [0.25, 0.3) is 5.69 Å². The first-order valence-corrected chi connectivity index (χ1v) is 6.96. The predicted molar refractivity (Wildman–Crippen MR) is 75.8 cm³/mol. The molecular formula is C13H17BrN2O3. The molecule has 2 unspecified atom stereocenters. The minimum absolute atomic E-state index is 0.0761. The summed E-state index contributed by atoms with van der Waals surface area (Å²) in [6.45, 7) is 4.60. The molecule has 0 spiro atoms. The highest BCUT2D eigenvalue weighted by Crippen LogP contribution is 2.40. The van der Waals surface area contributed by atoms with Gasteiger partial charge in [-0.1, -0.05) is 19.9 Å². The number of aliphatic hydroxyl groups is 1. The highest BCUT2D eigenvalue weighted by atomic mass is 79.9. The molecule has 19 heavy (non-hydrogen) atoms. The van der Waals surface area contributed by atoms with Crippen LogP contribution in [0.5, 0.6) is 0 Å². The maximum absolute atomic E-state index is 10.8. The van der Waals surface area contributed by atoms with E-state index in [0.717, 1.165) is 12.0 Å². The summed E-state index contributed by atoms with van der Waals surface area (Å²) in [5, 5.41) is 23.9. The number of nitrogens with zero attached hydrogens (tertiary/aromatic N) is 1. The fourth-order valence-electron chi connectivity index (χ4n) is 2.30. The van der Waals surface area contributed by atoms with Gasteiger partial charge in [-0.25, -0.2) is 0 Å². The van der Waals surface area contributed by atoms with Crippen LogP contribution in [0.25, 0.3) is 0 Å². The number of benzene rings is 1. The molecule has 1 fully saturated rings. The maximum atomic E-state index is 10.8. The zero-order valence-corrected chi connectivity index (χ0v) is 12.5. The molecule has 2 atom stereocenters. The molecule has 1 aromatic carbocycles. The summed E-state index contributed by atoms with van der Waals surface area (Å²) in [5.74, 6) is 0. The van der Waals surface area contributed by atoms with Crippen molar-refractivity contribution in [2.75, 3.05) is 0 Å². The molecule has 0 amide bonds. The molecule has 0 radical (unpaired) electrons. The van der Waals surface area contributed by atoms with Crippen LogP contribution < -0.4 is 5.32 Å². The molecule has 5 nitrogen and oxygen atoms in total. The summed E-state index contributed by atoms with van der Waals surface area (Å²) in [6.07, 6.45) is 0.454. The molecule has 1 saturated carbocycles. The number of rotatable bonds is 4. The number of halogens is 1. The van der Waals surface area contributed by atoms with E-state index < -0.39 is 4.92 Å². The Kier molecular flexibility index (Phi) is 3.94. The molecule has 6 heteroatoms. The smallest absolute Gasteiger partial charge is 0.283 e. The van der Waals surface area contributed by atoms with Gasteiger partial charge in [-0.3, -0.25) is 10.1 Å². The first-order valence-electron chi connectivity index (χ1n) is 6.16. The molecule has 2 N–H and O–H groups in total. The molecule has 1 aliphatic carbocycles. The number of hydrogen-bond acceptors (Lipinski definition) is 4. The highest BCUT2D eigenvalue weighted by molar-refractivity contribution is 9.10. The molecule has 0 heterocycles. The van der Waals surface area contributed by atoms with Crippen LogP contribution in [0.4, 0.5) is 5.69 Å². The largest absolute Gasteiger partial charge is 0.392 e. The van der Waals surface area contributed by atoms with Crippen LogP contribution in [-0.4, -0.2) is 22.2 Å². The normalized spacial score (nSPS) is 24.8. The average molecular weight is 329 g/mol. The van der Waals surface area contributed by atoms with E-state index in [1.807, 2.05) is 19.9 Å². The average Bonchev–Trinajstić information content (AvgIpc) is 2.35. The van der Waals surface area contributed by atoms with E-state index in [2.05, 4.69) is 21.2 Å². The zero-order chi connectivity index (χ0) is 14.2. The molecule has 104 valence electrons. The molecule has 2 rings (SSSR count). The van der Waals surface area contributed by atoms with Gasteiger partial charge in [0.15, 0.2) is 0 Å². The Morgan fingerprint density at radius 2 is 2.26 bits per heavy atom. The van der Waals surface area contributed by atoms with Crippen molar-refractivity contribution in [3.63, 3.8) is 0 Å². The van der Waals surface area contributed by atoms with Gasteiger partial charge < -0.3 is 10.4 Å². The van der Waals surface area contributed by atoms with E-state index >= 15 is 0 Å². The van der Waals surface area contributed by atoms with E-state index in [1.54, 1.807) is 12.1 Å². The van der Waals surface area contributed by atoms with Crippen LogP contribution in [0, 0.1) is 15.5 Å². The zero-order valence-electron chi connectivity index (χ0n) is 10.9. The summed E-state index contributed by atoms with van der Waals surface area (Å²) < 4.78 is 0.487. The molecule has 1 aromatic rings. The Morgan fingerprint density at radius 3 is 2.79 bits per heavy atom. The third kappa shape index (κ3) is 2.80. The molecule has 0 saturated heterocycles. The van der Waals surface area contributed by atoms with E-state index in [1.165, 1.54) is 0 Å². The molecule has 0 aromatic heterocycles. The lowest BCUT2D eigenvalue weighted by Gasteiger charge is -2.49. The van der Waals surface area contributed by atoms with Gasteiger partial charge in [0.1, 0.15) is 0 Å². The van der Waals surface area contributed by atoms with Crippen molar-refractivity contribution in [3.8, 4) is 0 Å². The Labute approximate surface area is 120 Å². The molecular weight excluding hydrogens is 312 g/mol. The third-order valence-corrected chi connectivity index (χ3v) is 4.65. The minimum Gasteiger partial charge on any atom is -0.392 e. The molecule has 0 aliphatic heterocycles. The Balaban J connectivity index is 2.01. The Bertz CT molecular complexity index is 505. The minimum atomic E-state index is -0.398. The van der Waals surface area contributed by atoms with Gasteiger partial charge in [-0.15, -0.1) is 0 Å². The van der Waals surface area contributed by atoms with Crippen LogP contribution in [-0.2, 0) is 6.54 Å². The lowest BCUT2D eigenvalue weighted by atomic mass is 9.64. The van der Waals surface area contributed by atoms with Crippen LogP contribution in [0.3, 0.4) is 0 Å². The van der Waals surface area contributed by atoms with Crippen molar-refractivity contribution in [1.82, 2.24) is 5.32 Å². The van der Waals surface area contributed by atoms with E-state index in [0.29, 0.717) is 11.0 Å². The van der Waals surface area contributed by atoms with Gasteiger partial charge in [-0.2, -0.15) is 0 Å². The maximum Gasteiger partial charge on any atom is 0.283 e. The monoisotopic (exact) mass is 328 g/mol. The van der Waals surface area contributed by atoms with Crippen molar-refractivity contribution >= 4 is 21.6 Å². The van der Waals surface area contributed by atoms with Gasteiger partial charge in [-0.05, 0) is 34.0 Å². The van der Waals surface area contributed by atoms with E-state index in [9.17, 15) is 15.2 Å². The summed E-state index contributed by atoms with van der Waals surface area (Å²) in [4.78, 5) is 10.4. The number of nitro groups is 1. The Hall–Kier alpha value is -0.980. The third-order valence-electron chi connectivity index (χ3n) is 3.98. The first kappa shape index (κ1) is 14.4. The Morgan fingerprint density at radius 1 is 1.58 bits per heavy atom. The van der Waals surface area contributed by atoms with Crippen molar-refractivity contribution in [2.45, 2.75) is 39.0 Å². The summed E-state index contributed by atoms with van der Waals surface area (Å²) in [6, 6.07) is 5.35. The lowest BCUT2D eigenvalue weighted by Crippen LogP contribution is -2.59. The number of nitrogens with one attached hydrogen (secondary N) is 1. The second kappa shape index (κ2) is 5.19. The molecule has 0 bridgehead atoms. The molecule has 1 aliphatic rings. The SMILES string of the molecule is CC1(C)C(O)CC1NCc1ccc(Br)c([N+](=O)[O-])c1. The van der Waals surface area contributed by atoms with Gasteiger partial charge in [0, 0.05) is 24.1 Å². The van der Waals surface area contributed by atoms with Crippen molar-refractivity contribution in [3.05, 3.63) is 38.3 Å². The topological polar surface area (TPSA) is 75.4 Å². The number of nitro benzene ring substituents is 1. The van der Waals surface area contributed by atoms with Gasteiger partial charge >= 0.3 is 0 Å². The second-order valence-electron chi connectivity index (χ2n) is 5.55. The summed E-state index contributed by atoms with van der Waals surface area (Å²) in [5.41, 5.74) is 0.806. The standard InChI is InChI=1S/C13H17BrN2O3/c1-13(2)11(6-12(13)17)15-7-8-3-4-9(14)10(5-8)16(18)19/h3-5,11-12,15,17H,6-7H2,1-2H3. The quantitative estimate of drug-likeness (QED) is 0.658. The van der Waals surface area contributed by atoms with Crippen molar-refractivity contribution < 1.29 is 10.0 Å². The summed E-state index contributed by atoms with van der Waals surface area (Å²) in [7, 11) is 0. The highest BCUT2D eigenvalue weighted by Gasteiger charge is 2.46. The van der Waals surface area contributed by atoms with Crippen molar-refractivity contribution in [1.29, 1.82) is 0 Å². The van der Waals surface area contributed by atoms with Crippen LogP contribution in [0.1, 0.15) is 25.8 Å². The predicted octanol–water partition coefficient (Wildman–Crippen LogP) is 2.61. The fourth-order valence-corrected chi connectivity index (χ4v) is 2.69. The fraction of sp³-hybridized carbons (Fsp3) is 0.538. The van der Waals surface area contributed by atoms with E-state index in [4.69, 9.17) is 0 Å². The van der Waals surface area contributed by atoms with Crippen molar-refractivity contribution in [2.24, 2.45) is 5.41 Å². The van der Waals surface area contributed by atoms with Crippen LogP contribution >= 0.6 is 15.9 Å². The lowest BCUT2D eigenvalue weighted by molar-refractivity contribution is -0.385. The van der Waals surface area contributed by atoms with Crippen LogP contribution in [0.15, 0.2) is 22.7 Å². The van der Waals surface area contributed by atoms with Crippen LogP contribution in [0.2, 0.25) is 0 Å². The second-order valence-corrected chi connectivity index (χ2v) is 6.40. The number of aliphatic hydroxyl groups excluding tert-OH is 1.